The number of hydrogen-bond donors (Lipinski definition) is 0. The van der Waals surface area contributed by atoms with Gasteiger partial charge in [-0.25, -0.2) is 4.79 Å². The fourth-order valence-electron chi connectivity index (χ4n) is 4.21. The van der Waals surface area contributed by atoms with E-state index in [9.17, 15) is 26.4 Å². The molecule has 0 saturated carbocycles. The van der Waals surface area contributed by atoms with Crippen LogP contribution in [0.2, 0.25) is 0 Å². The first-order chi connectivity index (χ1) is 13.2. The van der Waals surface area contributed by atoms with Crippen molar-refractivity contribution in [1.29, 1.82) is 0 Å². The number of para-hydroxylation sites is 1. The summed E-state index contributed by atoms with van der Waals surface area (Å²) in [4.78, 5) is 16.6. The molecule has 3 aliphatic heterocycles. The van der Waals surface area contributed by atoms with Crippen molar-refractivity contribution in [2.75, 3.05) is 11.4 Å². The number of benzene rings is 1. The molecular formula is C18H19F3N2O4S. The molecule has 152 valence electrons. The normalized spacial score (nSPS) is 24.6. The number of nitrogens with zero attached hydrogens (tertiary/aromatic N) is 2. The Morgan fingerprint density at radius 3 is 2.64 bits per heavy atom. The lowest BCUT2D eigenvalue weighted by Gasteiger charge is -2.39. The molecule has 0 aromatic heterocycles. The summed E-state index contributed by atoms with van der Waals surface area (Å²) >= 11 is 0. The van der Waals surface area contributed by atoms with E-state index in [0.717, 1.165) is 24.1 Å². The van der Waals surface area contributed by atoms with Gasteiger partial charge in [-0.15, -0.1) is 0 Å². The highest BCUT2D eigenvalue weighted by molar-refractivity contribution is 7.87. The molecule has 2 unspecified atom stereocenters. The number of amides is 2. The molecule has 2 bridgehead atoms. The van der Waals surface area contributed by atoms with Crippen molar-refractivity contribution < 1.29 is 30.6 Å². The van der Waals surface area contributed by atoms with Crippen LogP contribution < -0.4 is 4.90 Å². The van der Waals surface area contributed by atoms with Gasteiger partial charge in [0, 0.05) is 24.7 Å². The average molecular weight is 416 g/mol. The molecule has 0 radical (unpaired) electrons. The number of fused-ring (bicyclic) bond motifs is 3. The van der Waals surface area contributed by atoms with E-state index in [1.165, 1.54) is 6.08 Å². The third-order valence-electron chi connectivity index (χ3n) is 5.42. The van der Waals surface area contributed by atoms with Crippen molar-refractivity contribution >= 4 is 21.8 Å². The second-order valence-corrected chi connectivity index (χ2v) is 8.73. The van der Waals surface area contributed by atoms with E-state index in [0.29, 0.717) is 19.4 Å². The van der Waals surface area contributed by atoms with E-state index in [1.54, 1.807) is 9.80 Å². The summed E-state index contributed by atoms with van der Waals surface area (Å²) in [5, 5.41) is 0. The van der Waals surface area contributed by atoms with Gasteiger partial charge >= 0.3 is 21.7 Å². The maximum Gasteiger partial charge on any atom is 0.534 e. The van der Waals surface area contributed by atoms with Gasteiger partial charge in [-0.3, -0.25) is 4.90 Å². The molecular weight excluding hydrogens is 397 g/mol. The number of aryl methyl sites for hydroxylation is 1. The molecule has 1 fully saturated rings. The van der Waals surface area contributed by atoms with Crippen molar-refractivity contribution in [2.45, 2.75) is 49.7 Å². The van der Waals surface area contributed by atoms with Gasteiger partial charge in [0.1, 0.15) is 5.76 Å². The highest BCUT2D eigenvalue weighted by Gasteiger charge is 2.50. The summed E-state index contributed by atoms with van der Waals surface area (Å²) in [6, 6.07) is 6.60. The topological polar surface area (TPSA) is 66.9 Å². The fourth-order valence-corrected chi connectivity index (χ4v) is 4.71. The molecule has 0 N–H and O–H groups in total. The zero-order valence-corrected chi connectivity index (χ0v) is 15.7. The van der Waals surface area contributed by atoms with Crippen molar-refractivity contribution in [3.8, 4) is 0 Å². The molecule has 1 saturated heterocycles. The highest BCUT2D eigenvalue weighted by Crippen LogP contribution is 2.39. The van der Waals surface area contributed by atoms with Crippen molar-refractivity contribution in [1.82, 2.24) is 4.90 Å². The number of carbonyl (C=O) groups is 1. The Bertz CT molecular complexity index is 929. The lowest BCUT2D eigenvalue weighted by molar-refractivity contribution is -0.0526. The van der Waals surface area contributed by atoms with Gasteiger partial charge in [0.2, 0.25) is 0 Å². The zero-order valence-electron chi connectivity index (χ0n) is 14.9. The molecule has 0 aliphatic carbocycles. The quantitative estimate of drug-likeness (QED) is 0.546. The van der Waals surface area contributed by atoms with Crippen LogP contribution in [0.4, 0.5) is 23.7 Å². The molecule has 2 atom stereocenters. The third kappa shape index (κ3) is 3.23. The summed E-state index contributed by atoms with van der Waals surface area (Å²) < 4.78 is 64.6. The monoisotopic (exact) mass is 416 g/mol. The number of halogens is 3. The number of alkyl halides is 3. The van der Waals surface area contributed by atoms with Gasteiger partial charge in [0.15, 0.2) is 0 Å². The van der Waals surface area contributed by atoms with Crippen molar-refractivity contribution in [3.05, 3.63) is 41.7 Å². The van der Waals surface area contributed by atoms with E-state index in [2.05, 4.69) is 4.18 Å². The second-order valence-electron chi connectivity index (χ2n) is 7.19. The van der Waals surface area contributed by atoms with Gasteiger partial charge in [-0.1, -0.05) is 18.2 Å². The smallest absolute Gasteiger partial charge is 0.381 e. The molecule has 6 nitrogen and oxygen atoms in total. The summed E-state index contributed by atoms with van der Waals surface area (Å²) in [5.41, 5.74) is -3.54. The second kappa shape index (κ2) is 6.68. The van der Waals surface area contributed by atoms with Crippen LogP contribution in [0.1, 0.15) is 31.2 Å². The SMILES string of the molecule is O=C(N1CCCc2ccccc21)N1C2C=C(OS(=O)(=O)C(F)(F)F)CC1CC2. The highest BCUT2D eigenvalue weighted by atomic mass is 32.2. The van der Waals surface area contributed by atoms with Crippen LogP contribution in [-0.4, -0.2) is 43.5 Å². The lowest BCUT2D eigenvalue weighted by atomic mass is 10.0. The molecule has 3 aliphatic rings. The van der Waals surface area contributed by atoms with Gasteiger partial charge in [-0.2, -0.15) is 21.6 Å². The first-order valence-electron chi connectivity index (χ1n) is 9.06. The number of rotatable bonds is 2. The average Bonchev–Trinajstić information content (AvgIpc) is 2.90. The molecule has 1 aromatic rings. The zero-order chi connectivity index (χ0) is 20.1. The van der Waals surface area contributed by atoms with Crippen LogP contribution >= 0.6 is 0 Å². The minimum atomic E-state index is -5.70. The Hall–Kier alpha value is -2.23. The molecule has 10 heteroatoms. The standard InChI is InChI=1S/C18H19F3N2O4S/c19-18(20,21)28(25,26)27-15-10-13-7-8-14(11-15)23(13)17(24)22-9-3-5-12-4-1-2-6-16(12)22/h1-2,4,6,10,13-14H,3,5,7-9,11H2. The Morgan fingerprint density at radius 1 is 1.18 bits per heavy atom. The predicted molar refractivity (Wildman–Crippen MR) is 94.9 cm³/mol. The minimum Gasteiger partial charge on any atom is -0.381 e. The van der Waals surface area contributed by atoms with Crippen LogP contribution in [0.3, 0.4) is 0 Å². The van der Waals surface area contributed by atoms with Crippen LogP contribution in [0.25, 0.3) is 0 Å². The van der Waals surface area contributed by atoms with Crippen molar-refractivity contribution in [2.24, 2.45) is 0 Å². The van der Waals surface area contributed by atoms with E-state index in [-0.39, 0.29) is 24.3 Å². The Labute approximate surface area is 160 Å². The van der Waals surface area contributed by atoms with Crippen molar-refractivity contribution in [3.63, 3.8) is 0 Å². The number of urea groups is 1. The van der Waals surface area contributed by atoms with Crippen LogP contribution in [0.5, 0.6) is 0 Å². The number of carbonyl (C=O) groups excluding carboxylic acids is 1. The first-order valence-corrected chi connectivity index (χ1v) is 10.5. The van der Waals surface area contributed by atoms with E-state index in [1.807, 2.05) is 24.3 Å². The lowest BCUT2D eigenvalue weighted by Crippen LogP contribution is -2.51. The summed E-state index contributed by atoms with van der Waals surface area (Å²) in [5.74, 6) is -0.243. The van der Waals surface area contributed by atoms with E-state index < -0.39 is 21.7 Å². The van der Waals surface area contributed by atoms with Gasteiger partial charge in [0.05, 0.1) is 6.04 Å². The molecule has 2 amide bonds. The Kier molecular flexibility index (Phi) is 4.56. The third-order valence-corrected chi connectivity index (χ3v) is 6.42. The summed E-state index contributed by atoms with van der Waals surface area (Å²) in [7, 11) is -5.70. The summed E-state index contributed by atoms with van der Waals surface area (Å²) in [6.07, 6.45) is 4.15. The van der Waals surface area contributed by atoms with Crippen LogP contribution in [0, 0.1) is 0 Å². The molecule has 3 heterocycles. The Morgan fingerprint density at radius 2 is 1.93 bits per heavy atom. The first kappa shape index (κ1) is 19.1. The Balaban J connectivity index is 1.56. The molecule has 0 spiro atoms. The van der Waals surface area contributed by atoms with Crippen LogP contribution in [-0.2, 0) is 20.7 Å². The number of anilines is 1. The van der Waals surface area contributed by atoms with Gasteiger partial charge in [0.25, 0.3) is 0 Å². The largest absolute Gasteiger partial charge is 0.534 e. The van der Waals surface area contributed by atoms with Gasteiger partial charge < -0.3 is 9.08 Å². The van der Waals surface area contributed by atoms with E-state index in [4.69, 9.17) is 0 Å². The fraction of sp³-hybridized carbons (Fsp3) is 0.500. The maximum absolute atomic E-state index is 13.2. The van der Waals surface area contributed by atoms with Crippen LogP contribution in [0.15, 0.2) is 36.1 Å². The number of hydrogen-bond acceptors (Lipinski definition) is 4. The molecule has 1 aromatic carbocycles. The molecule has 4 rings (SSSR count). The van der Waals surface area contributed by atoms with E-state index >= 15 is 0 Å². The van der Waals surface area contributed by atoms with Gasteiger partial charge in [-0.05, 0) is 43.4 Å². The minimum absolute atomic E-state index is 0.0486. The molecule has 28 heavy (non-hydrogen) atoms. The predicted octanol–water partition coefficient (Wildman–Crippen LogP) is 3.55. The maximum atomic E-state index is 13.2. The summed E-state index contributed by atoms with van der Waals surface area (Å²) in [6.45, 7) is 0.571.